The Morgan fingerprint density at radius 1 is 1.29 bits per heavy atom. The molecule has 2 N–H and O–H groups in total. The summed E-state index contributed by atoms with van der Waals surface area (Å²) in [7, 11) is -2.06. The molecule has 0 fully saturated rings. The molecule has 0 aromatic heterocycles. The van der Waals surface area contributed by atoms with Crippen LogP contribution in [-0.2, 0) is 0 Å². The summed E-state index contributed by atoms with van der Waals surface area (Å²) >= 11 is 0. The average molecular weight is 206 g/mol. The maximum atomic E-state index is 12.8. The van der Waals surface area contributed by atoms with Gasteiger partial charge in [-0.05, 0) is 18.2 Å². The van der Waals surface area contributed by atoms with Crippen LogP contribution in [0.1, 0.15) is 0 Å². The van der Waals surface area contributed by atoms with E-state index in [1.54, 1.807) is 0 Å². The first kappa shape index (κ1) is 10.9. The zero-order chi connectivity index (χ0) is 10.7. The lowest BCUT2D eigenvalue weighted by Crippen LogP contribution is -2.32. The van der Waals surface area contributed by atoms with Crippen LogP contribution in [0, 0.1) is 5.82 Å². The van der Waals surface area contributed by atoms with Gasteiger partial charge < -0.3 is 14.8 Å². The molecule has 0 saturated carbocycles. The second-order valence-corrected chi connectivity index (χ2v) is 2.44. The fourth-order valence-corrected chi connectivity index (χ4v) is 0.896. The number of benzene rings is 1. The van der Waals surface area contributed by atoms with E-state index in [4.69, 9.17) is 10.0 Å². The minimum Gasteiger partial charge on any atom is -0.435 e. The molecule has 1 rings (SSSR count). The molecular formula is C7H6BF3O3. The van der Waals surface area contributed by atoms with Crippen molar-refractivity contribution < 1.29 is 28.0 Å². The van der Waals surface area contributed by atoms with Crippen LogP contribution in [0.4, 0.5) is 13.2 Å². The molecule has 1 aromatic carbocycles. The average Bonchev–Trinajstić information content (AvgIpc) is 2.07. The minimum atomic E-state index is -3.04. The highest BCUT2D eigenvalue weighted by Crippen LogP contribution is 2.12. The van der Waals surface area contributed by atoms with Crippen molar-refractivity contribution in [2.24, 2.45) is 0 Å². The van der Waals surface area contributed by atoms with Crippen LogP contribution < -0.4 is 10.2 Å². The molecule has 7 heteroatoms. The first-order valence-corrected chi connectivity index (χ1v) is 3.61. The fraction of sp³-hybridized carbons (Fsp3) is 0.143. The van der Waals surface area contributed by atoms with Crippen molar-refractivity contribution in [3.8, 4) is 5.75 Å². The molecule has 0 amide bonds. The van der Waals surface area contributed by atoms with Gasteiger partial charge >= 0.3 is 13.7 Å². The first-order chi connectivity index (χ1) is 6.50. The number of halogens is 3. The summed E-state index contributed by atoms with van der Waals surface area (Å²) in [5.74, 6) is -1.23. The third-order valence-electron chi connectivity index (χ3n) is 1.47. The van der Waals surface area contributed by atoms with E-state index in [-0.39, 0.29) is 5.75 Å². The van der Waals surface area contributed by atoms with Gasteiger partial charge in [0.1, 0.15) is 11.6 Å². The van der Waals surface area contributed by atoms with E-state index in [1.165, 1.54) is 0 Å². The Kier molecular flexibility index (Phi) is 3.37. The van der Waals surface area contributed by atoms with Crippen LogP contribution in [0.3, 0.4) is 0 Å². The second-order valence-electron chi connectivity index (χ2n) is 2.44. The van der Waals surface area contributed by atoms with E-state index in [9.17, 15) is 13.2 Å². The summed E-state index contributed by atoms with van der Waals surface area (Å²) in [5.41, 5.74) is -0.511. The van der Waals surface area contributed by atoms with Crippen LogP contribution >= 0.6 is 0 Å². The Morgan fingerprint density at radius 2 is 1.93 bits per heavy atom. The van der Waals surface area contributed by atoms with Gasteiger partial charge in [0.15, 0.2) is 0 Å². The molecule has 0 aliphatic rings. The SMILES string of the molecule is OB(O)c1cc(OC(F)F)ccc1F. The fourth-order valence-electron chi connectivity index (χ4n) is 0.896. The molecule has 1 aromatic rings. The van der Waals surface area contributed by atoms with E-state index < -0.39 is 25.0 Å². The smallest absolute Gasteiger partial charge is 0.435 e. The van der Waals surface area contributed by atoms with Crippen molar-refractivity contribution in [3.05, 3.63) is 24.0 Å². The lowest BCUT2D eigenvalue weighted by Gasteiger charge is -2.06. The van der Waals surface area contributed by atoms with Crippen molar-refractivity contribution in [2.75, 3.05) is 0 Å². The lowest BCUT2D eigenvalue weighted by molar-refractivity contribution is -0.0498. The molecule has 0 saturated heterocycles. The first-order valence-electron chi connectivity index (χ1n) is 3.61. The maximum absolute atomic E-state index is 12.8. The highest BCUT2D eigenvalue weighted by Gasteiger charge is 2.18. The van der Waals surface area contributed by atoms with Gasteiger partial charge in [-0.25, -0.2) is 4.39 Å². The van der Waals surface area contributed by atoms with Crippen molar-refractivity contribution in [2.45, 2.75) is 6.61 Å². The van der Waals surface area contributed by atoms with Gasteiger partial charge in [0, 0.05) is 5.46 Å². The lowest BCUT2D eigenvalue weighted by atomic mass is 9.80. The molecule has 0 radical (unpaired) electrons. The van der Waals surface area contributed by atoms with Crippen LogP contribution in [0.5, 0.6) is 5.75 Å². The van der Waals surface area contributed by atoms with Crippen molar-refractivity contribution >= 4 is 12.6 Å². The third-order valence-corrected chi connectivity index (χ3v) is 1.47. The Bertz CT molecular complexity index is 319. The largest absolute Gasteiger partial charge is 0.491 e. The van der Waals surface area contributed by atoms with Gasteiger partial charge in [0.25, 0.3) is 0 Å². The Morgan fingerprint density at radius 3 is 2.43 bits per heavy atom. The molecule has 0 heterocycles. The summed E-state index contributed by atoms with van der Waals surface area (Å²) in [6.07, 6.45) is 0. The van der Waals surface area contributed by atoms with E-state index in [0.717, 1.165) is 18.2 Å². The van der Waals surface area contributed by atoms with Gasteiger partial charge in [-0.2, -0.15) is 8.78 Å². The van der Waals surface area contributed by atoms with Crippen molar-refractivity contribution in [1.82, 2.24) is 0 Å². The summed E-state index contributed by atoms with van der Waals surface area (Å²) < 4.78 is 40.2. The molecule has 76 valence electrons. The molecule has 0 atom stereocenters. The Balaban J connectivity index is 2.94. The van der Waals surface area contributed by atoms with E-state index in [2.05, 4.69) is 4.74 Å². The summed E-state index contributed by atoms with van der Waals surface area (Å²) in [6, 6.07) is 2.58. The van der Waals surface area contributed by atoms with Crippen LogP contribution in [0.25, 0.3) is 0 Å². The van der Waals surface area contributed by atoms with Gasteiger partial charge in [0.05, 0.1) is 0 Å². The van der Waals surface area contributed by atoms with Gasteiger partial charge in [0.2, 0.25) is 0 Å². The molecule has 3 nitrogen and oxygen atoms in total. The molecule has 0 bridgehead atoms. The molecule has 0 aliphatic carbocycles. The maximum Gasteiger partial charge on any atom is 0.491 e. The van der Waals surface area contributed by atoms with Crippen molar-refractivity contribution in [3.63, 3.8) is 0 Å². The quantitative estimate of drug-likeness (QED) is 0.689. The van der Waals surface area contributed by atoms with E-state index in [0.29, 0.717) is 0 Å². The van der Waals surface area contributed by atoms with Gasteiger partial charge in [-0.1, -0.05) is 0 Å². The van der Waals surface area contributed by atoms with E-state index in [1.807, 2.05) is 0 Å². The molecule has 14 heavy (non-hydrogen) atoms. The van der Waals surface area contributed by atoms with Crippen molar-refractivity contribution in [1.29, 1.82) is 0 Å². The Labute approximate surface area is 77.9 Å². The zero-order valence-corrected chi connectivity index (χ0v) is 6.82. The number of alkyl halides is 2. The van der Waals surface area contributed by atoms with Crippen LogP contribution in [0.2, 0.25) is 0 Å². The van der Waals surface area contributed by atoms with Crippen LogP contribution in [-0.4, -0.2) is 23.8 Å². The third kappa shape index (κ3) is 2.64. The summed E-state index contributed by atoms with van der Waals surface area (Å²) in [5, 5.41) is 17.3. The Hall–Kier alpha value is -1.21. The summed E-state index contributed by atoms with van der Waals surface area (Å²) in [4.78, 5) is 0. The van der Waals surface area contributed by atoms with Gasteiger partial charge in [-0.15, -0.1) is 0 Å². The monoisotopic (exact) mass is 206 g/mol. The topological polar surface area (TPSA) is 49.7 Å². The molecule has 0 unspecified atom stereocenters. The number of ether oxygens (including phenoxy) is 1. The predicted octanol–water partition coefficient (Wildman–Crippen LogP) is 0.107. The highest BCUT2D eigenvalue weighted by atomic mass is 19.3. The minimum absolute atomic E-state index is 0.329. The molecule has 0 aliphatic heterocycles. The van der Waals surface area contributed by atoms with Gasteiger partial charge in [-0.3, -0.25) is 0 Å². The summed E-state index contributed by atoms with van der Waals surface area (Å²) in [6.45, 7) is -3.04. The number of rotatable bonds is 3. The highest BCUT2D eigenvalue weighted by molar-refractivity contribution is 6.58. The zero-order valence-electron chi connectivity index (χ0n) is 6.82. The number of hydrogen-bond donors (Lipinski definition) is 2. The normalized spacial score (nSPS) is 10.4. The predicted molar refractivity (Wildman–Crippen MR) is 42.9 cm³/mol. The molecular weight excluding hydrogens is 200 g/mol. The standard InChI is InChI=1S/C7H6BF3O3/c9-6-2-1-4(14-7(10)11)3-5(6)8(12)13/h1-3,7,12-13H. The number of hydrogen-bond acceptors (Lipinski definition) is 3. The second kappa shape index (κ2) is 4.34. The molecule has 0 spiro atoms. The van der Waals surface area contributed by atoms with E-state index >= 15 is 0 Å². The van der Waals surface area contributed by atoms with Crippen LogP contribution in [0.15, 0.2) is 18.2 Å².